The normalized spacial score (nSPS) is 10.8. The van der Waals surface area contributed by atoms with E-state index in [1.807, 2.05) is 12.1 Å². The lowest BCUT2D eigenvalue weighted by atomic mass is 10.2. The van der Waals surface area contributed by atoms with Crippen LogP contribution in [0.1, 0.15) is 5.56 Å². The molecule has 2 aromatic rings. The molecule has 0 aliphatic heterocycles. The fourth-order valence-corrected chi connectivity index (χ4v) is 1.57. The smallest absolute Gasteiger partial charge is 0.151 e. The number of hydrogen-bond donors (Lipinski definition) is 1. The monoisotopic (exact) mass is 276 g/mol. The molecule has 0 bridgehead atoms. The molecule has 3 nitrogen and oxygen atoms in total. The van der Waals surface area contributed by atoms with Crippen LogP contribution in [0, 0.1) is 0 Å². The number of phenolic OH excluding ortho intramolecular Hbond substituents is 1. The van der Waals surface area contributed by atoms with E-state index < -0.39 is 0 Å². The number of aromatic hydroxyl groups is 1. The van der Waals surface area contributed by atoms with E-state index in [2.05, 4.69) is 25.9 Å². The Labute approximate surface area is 102 Å². The number of aromatic nitrogens is 1. The summed E-state index contributed by atoms with van der Waals surface area (Å²) in [5.74, 6) is 0.810. The maximum Gasteiger partial charge on any atom is 0.151 e. The lowest BCUT2D eigenvalue weighted by molar-refractivity contribution is 0.474. The zero-order valence-corrected chi connectivity index (χ0v) is 9.92. The molecular formula is C12H9BrN2O. The lowest BCUT2D eigenvalue weighted by Gasteiger charge is -1.98. The second-order valence-corrected chi connectivity index (χ2v) is 4.06. The number of hydrogen-bond acceptors (Lipinski definition) is 3. The summed E-state index contributed by atoms with van der Waals surface area (Å²) in [4.78, 5) is 8.22. The summed E-state index contributed by atoms with van der Waals surface area (Å²) >= 11 is 3.33. The van der Waals surface area contributed by atoms with Gasteiger partial charge in [-0.2, -0.15) is 0 Å². The highest BCUT2D eigenvalue weighted by Gasteiger charge is 1.98. The summed E-state index contributed by atoms with van der Waals surface area (Å²) in [5, 5.41) is 9.58. The Kier molecular flexibility index (Phi) is 3.31. The van der Waals surface area contributed by atoms with Crippen molar-refractivity contribution in [2.24, 2.45) is 4.99 Å². The fourth-order valence-electron chi connectivity index (χ4n) is 1.19. The van der Waals surface area contributed by atoms with Gasteiger partial charge in [0.05, 0.1) is 0 Å². The standard InChI is InChI=1S/C12H9BrN2O/c13-10-4-5-11(16)9(7-10)8-15-12-3-1-2-6-14-12/h1-8,16H/b15-8+. The third-order valence-corrected chi connectivity index (χ3v) is 2.47. The molecule has 0 saturated heterocycles. The summed E-state index contributed by atoms with van der Waals surface area (Å²) in [7, 11) is 0. The van der Waals surface area contributed by atoms with Crippen LogP contribution in [0.3, 0.4) is 0 Å². The second kappa shape index (κ2) is 4.90. The fraction of sp³-hybridized carbons (Fsp3) is 0. The molecule has 16 heavy (non-hydrogen) atoms. The van der Waals surface area contributed by atoms with Crippen molar-refractivity contribution in [2.45, 2.75) is 0 Å². The van der Waals surface area contributed by atoms with Gasteiger partial charge in [-0.15, -0.1) is 0 Å². The second-order valence-electron chi connectivity index (χ2n) is 3.15. The first-order valence-electron chi connectivity index (χ1n) is 4.69. The van der Waals surface area contributed by atoms with Crippen LogP contribution in [0.25, 0.3) is 0 Å². The van der Waals surface area contributed by atoms with Crippen LogP contribution >= 0.6 is 15.9 Å². The van der Waals surface area contributed by atoms with Gasteiger partial charge >= 0.3 is 0 Å². The predicted molar refractivity (Wildman–Crippen MR) is 67.3 cm³/mol. The van der Waals surface area contributed by atoms with Gasteiger partial charge in [-0.05, 0) is 30.3 Å². The van der Waals surface area contributed by atoms with Crippen LogP contribution in [-0.2, 0) is 0 Å². The molecule has 0 atom stereocenters. The largest absolute Gasteiger partial charge is 0.507 e. The molecule has 1 aromatic carbocycles. The van der Waals surface area contributed by atoms with Crippen LogP contribution in [0.2, 0.25) is 0 Å². The number of rotatable bonds is 2. The summed E-state index contributed by atoms with van der Waals surface area (Å²) in [6.07, 6.45) is 3.26. The van der Waals surface area contributed by atoms with E-state index in [1.165, 1.54) is 0 Å². The van der Waals surface area contributed by atoms with Gasteiger partial charge in [0.2, 0.25) is 0 Å². The van der Waals surface area contributed by atoms with Crippen molar-refractivity contribution < 1.29 is 5.11 Å². The molecule has 1 N–H and O–H groups in total. The van der Waals surface area contributed by atoms with Crippen LogP contribution in [0.4, 0.5) is 5.82 Å². The molecule has 0 amide bonds. The quantitative estimate of drug-likeness (QED) is 0.856. The Morgan fingerprint density at radius 3 is 2.88 bits per heavy atom. The average Bonchev–Trinajstić information content (AvgIpc) is 2.32. The first-order chi connectivity index (χ1) is 7.75. The minimum Gasteiger partial charge on any atom is -0.507 e. The highest BCUT2D eigenvalue weighted by molar-refractivity contribution is 9.10. The van der Waals surface area contributed by atoms with Gasteiger partial charge in [0.15, 0.2) is 5.82 Å². The molecule has 0 radical (unpaired) electrons. The molecule has 0 fully saturated rings. The van der Waals surface area contributed by atoms with Gasteiger partial charge < -0.3 is 5.11 Å². The number of phenols is 1. The molecule has 2 rings (SSSR count). The van der Waals surface area contributed by atoms with Gasteiger partial charge in [-0.3, -0.25) is 0 Å². The van der Waals surface area contributed by atoms with Crippen LogP contribution < -0.4 is 0 Å². The van der Waals surface area contributed by atoms with Crippen molar-refractivity contribution in [1.29, 1.82) is 0 Å². The Morgan fingerprint density at radius 1 is 1.25 bits per heavy atom. The van der Waals surface area contributed by atoms with E-state index in [0.717, 1.165) is 4.47 Å². The topological polar surface area (TPSA) is 45.5 Å². The Balaban J connectivity index is 2.27. The number of nitrogens with zero attached hydrogens (tertiary/aromatic N) is 2. The van der Waals surface area contributed by atoms with Crippen LogP contribution in [0.15, 0.2) is 52.1 Å². The van der Waals surface area contributed by atoms with Crippen molar-refractivity contribution in [3.05, 3.63) is 52.6 Å². The molecule has 1 aromatic heterocycles. The van der Waals surface area contributed by atoms with Gasteiger partial charge in [-0.25, -0.2) is 9.98 Å². The van der Waals surface area contributed by atoms with E-state index >= 15 is 0 Å². The summed E-state index contributed by atoms with van der Waals surface area (Å²) in [6, 6.07) is 10.7. The first-order valence-corrected chi connectivity index (χ1v) is 5.48. The third-order valence-electron chi connectivity index (χ3n) is 1.97. The molecule has 0 aliphatic rings. The van der Waals surface area contributed by atoms with Gasteiger partial charge in [0.25, 0.3) is 0 Å². The third kappa shape index (κ3) is 2.67. The molecule has 4 heteroatoms. The molecular weight excluding hydrogens is 268 g/mol. The van der Waals surface area contributed by atoms with Crippen molar-refractivity contribution in [3.8, 4) is 5.75 Å². The highest BCUT2D eigenvalue weighted by Crippen LogP contribution is 2.20. The van der Waals surface area contributed by atoms with E-state index in [9.17, 15) is 5.11 Å². The Hall–Kier alpha value is -1.68. The molecule has 0 aliphatic carbocycles. The Morgan fingerprint density at radius 2 is 2.12 bits per heavy atom. The molecule has 1 heterocycles. The van der Waals surface area contributed by atoms with Crippen molar-refractivity contribution in [2.75, 3.05) is 0 Å². The van der Waals surface area contributed by atoms with Crippen LogP contribution in [0.5, 0.6) is 5.75 Å². The number of halogens is 1. The lowest BCUT2D eigenvalue weighted by Crippen LogP contribution is -1.82. The number of pyridine rings is 1. The van der Waals surface area contributed by atoms with Crippen LogP contribution in [-0.4, -0.2) is 16.3 Å². The maximum atomic E-state index is 9.58. The summed E-state index contributed by atoms with van der Waals surface area (Å²) < 4.78 is 0.896. The zero-order valence-electron chi connectivity index (χ0n) is 8.34. The Bertz CT molecular complexity index is 512. The van der Waals surface area contributed by atoms with E-state index in [1.54, 1.807) is 36.7 Å². The van der Waals surface area contributed by atoms with E-state index in [4.69, 9.17) is 0 Å². The molecule has 80 valence electrons. The van der Waals surface area contributed by atoms with Crippen molar-refractivity contribution in [3.63, 3.8) is 0 Å². The average molecular weight is 277 g/mol. The minimum atomic E-state index is 0.197. The van der Waals surface area contributed by atoms with Crippen molar-refractivity contribution >= 4 is 28.0 Å². The molecule has 0 saturated carbocycles. The first kappa shape index (κ1) is 10.8. The predicted octanol–water partition coefficient (Wildman–Crippen LogP) is 3.30. The van der Waals surface area contributed by atoms with Crippen molar-refractivity contribution in [1.82, 2.24) is 4.98 Å². The summed E-state index contributed by atoms with van der Waals surface area (Å²) in [5.41, 5.74) is 0.653. The molecule has 0 spiro atoms. The van der Waals surface area contributed by atoms with E-state index in [0.29, 0.717) is 11.4 Å². The number of benzene rings is 1. The van der Waals surface area contributed by atoms with Gasteiger partial charge in [0.1, 0.15) is 5.75 Å². The van der Waals surface area contributed by atoms with Gasteiger partial charge in [0, 0.05) is 22.4 Å². The highest BCUT2D eigenvalue weighted by atomic mass is 79.9. The molecule has 0 unspecified atom stereocenters. The number of aliphatic imine (C=N–C) groups is 1. The van der Waals surface area contributed by atoms with Gasteiger partial charge in [-0.1, -0.05) is 22.0 Å². The zero-order chi connectivity index (χ0) is 11.4. The summed E-state index contributed by atoms with van der Waals surface area (Å²) in [6.45, 7) is 0. The SMILES string of the molecule is Oc1ccc(Br)cc1/C=N/c1ccccn1. The minimum absolute atomic E-state index is 0.197. The maximum absolute atomic E-state index is 9.58. The van der Waals surface area contributed by atoms with E-state index in [-0.39, 0.29) is 5.75 Å².